The van der Waals surface area contributed by atoms with Gasteiger partial charge in [-0.1, -0.05) is 35.9 Å². The summed E-state index contributed by atoms with van der Waals surface area (Å²) in [7, 11) is 5.06. The molecular weight excluding hydrogens is 474 g/mol. The number of alkyl halides is 3. The van der Waals surface area contributed by atoms with Crippen LogP contribution in [-0.4, -0.2) is 62.0 Å². The molecule has 5 nitrogen and oxygen atoms in total. The Morgan fingerprint density at radius 3 is 2.56 bits per heavy atom. The summed E-state index contributed by atoms with van der Waals surface area (Å²) >= 11 is 5.99. The Labute approximate surface area is 202 Å². The van der Waals surface area contributed by atoms with Crippen molar-refractivity contribution in [1.29, 1.82) is 0 Å². The Bertz CT molecular complexity index is 956. The van der Waals surface area contributed by atoms with E-state index in [9.17, 15) is 27.5 Å². The maximum atomic E-state index is 13.9. The summed E-state index contributed by atoms with van der Waals surface area (Å²) in [6.07, 6.45) is -0.245. The minimum Gasteiger partial charge on any atom is -0.505 e. The second-order valence-corrected chi connectivity index (χ2v) is 9.13. The summed E-state index contributed by atoms with van der Waals surface area (Å²) in [6.45, 7) is 3.91. The fourth-order valence-corrected chi connectivity index (χ4v) is 4.17. The zero-order chi connectivity index (χ0) is 25.7. The Morgan fingerprint density at radius 2 is 2.03 bits per heavy atom. The zero-order valence-corrected chi connectivity index (χ0v) is 20.2. The van der Waals surface area contributed by atoms with Crippen molar-refractivity contribution >= 4 is 23.7 Å². The van der Waals surface area contributed by atoms with Crippen LogP contribution in [0.25, 0.3) is 0 Å². The molecule has 2 atom stereocenters. The van der Waals surface area contributed by atoms with Gasteiger partial charge in [-0.05, 0) is 51.1 Å². The Kier molecular flexibility index (Phi) is 9.30. The number of benzene rings is 1. The molecule has 0 aliphatic heterocycles. The van der Waals surface area contributed by atoms with Gasteiger partial charge in [0.2, 0.25) is 5.91 Å². The minimum absolute atomic E-state index is 0.0472. The number of carbonyl (C=O) groups excluding carboxylic acids is 1. The van der Waals surface area contributed by atoms with Gasteiger partial charge in [0.15, 0.2) is 11.6 Å². The summed E-state index contributed by atoms with van der Waals surface area (Å²) in [5, 5.41) is 11.9. The first-order valence-electron chi connectivity index (χ1n) is 10.8. The van der Waals surface area contributed by atoms with Gasteiger partial charge < -0.3 is 15.3 Å². The number of nitrogens with one attached hydrogen (secondary N) is 1. The summed E-state index contributed by atoms with van der Waals surface area (Å²) < 4.78 is 55.4. The van der Waals surface area contributed by atoms with Gasteiger partial charge in [-0.15, -0.1) is 0 Å². The molecule has 0 aromatic heterocycles. The molecule has 2 N–H and O–H groups in total. The van der Waals surface area contributed by atoms with E-state index < -0.39 is 35.0 Å². The molecule has 188 valence electrons. The van der Waals surface area contributed by atoms with Crippen LogP contribution in [0.1, 0.15) is 24.8 Å². The maximum Gasteiger partial charge on any atom is 0.395 e. The topological polar surface area (TPSA) is 64.9 Å². The lowest BCUT2D eigenvalue weighted by molar-refractivity contribution is -0.199. The Balaban J connectivity index is 2.12. The normalized spacial score (nSPS) is 17.3. The van der Waals surface area contributed by atoms with Crippen molar-refractivity contribution in [2.24, 2.45) is 16.3 Å². The fraction of sp³-hybridized carbons (Fsp3) is 0.500. The van der Waals surface area contributed by atoms with Gasteiger partial charge in [0.05, 0.1) is 10.4 Å². The van der Waals surface area contributed by atoms with E-state index in [2.05, 4.69) is 16.9 Å². The quantitative estimate of drug-likeness (QED) is 0.255. The first-order valence-corrected chi connectivity index (χ1v) is 11.1. The molecule has 0 saturated heterocycles. The lowest BCUT2D eigenvalue weighted by Gasteiger charge is -2.30. The number of aliphatic imine (C=N–C) groups is 1. The molecule has 0 unspecified atom stereocenters. The number of phenols is 1. The van der Waals surface area contributed by atoms with Crippen molar-refractivity contribution in [2.45, 2.75) is 37.9 Å². The van der Waals surface area contributed by atoms with Gasteiger partial charge in [-0.2, -0.15) is 13.2 Å². The average Bonchev–Trinajstić information content (AvgIpc) is 3.56. The van der Waals surface area contributed by atoms with Crippen molar-refractivity contribution < 1.29 is 27.5 Å². The molecule has 0 radical (unpaired) electrons. The van der Waals surface area contributed by atoms with Crippen molar-refractivity contribution in [3.8, 4) is 5.75 Å². The Morgan fingerprint density at radius 1 is 1.38 bits per heavy atom. The highest BCUT2D eigenvalue weighted by atomic mass is 35.5. The number of allylic oxidation sites excluding steroid dienone is 3. The van der Waals surface area contributed by atoms with Gasteiger partial charge in [-0.3, -0.25) is 9.79 Å². The number of hydrogen-bond acceptors (Lipinski definition) is 4. The lowest BCUT2D eigenvalue weighted by Crippen LogP contribution is -2.43. The van der Waals surface area contributed by atoms with Crippen LogP contribution in [0.4, 0.5) is 17.6 Å². The number of nitrogens with zero attached hydrogens (tertiary/aromatic N) is 2. The molecule has 10 heteroatoms. The number of carbonyl (C=O) groups is 1. The first kappa shape index (κ1) is 27.9. The van der Waals surface area contributed by atoms with Crippen molar-refractivity contribution in [1.82, 2.24) is 10.2 Å². The first-order chi connectivity index (χ1) is 15.8. The molecule has 2 rings (SSSR count). The van der Waals surface area contributed by atoms with Crippen molar-refractivity contribution in [2.75, 3.05) is 27.7 Å². The molecule has 34 heavy (non-hydrogen) atoms. The highest BCUT2D eigenvalue weighted by Gasteiger charge is 2.67. The van der Waals surface area contributed by atoms with E-state index in [-0.39, 0.29) is 48.9 Å². The molecule has 1 aromatic rings. The molecule has 0 bridgehead atoms. The van der Waals surface area contributed by atoms with Gasteiger partial charge in [0.1, 0.15) is 0 Å². The van der Waals surface area contributed by atoms with Gasteiger partial charge in [-0.25, -0.2) is 4.39 Å². The van der Waals surface area contributed by atoms with E-state index in [4.69, 9.17) is 11.6 Å². The third kappa shape index (κ3) is 6.60. The third-order valence-electron chi connectivity index (χ3n) is 6.27. The van der Waals surface area contributed by atoms with Gasteiger partial charge in [0.25, 0.3) is 0 Å². The van der Waals surface area contributed by atoms with E-state index in [1.807, 2.05) is 0 Å². The van der Waals surface area contributed by atoms with Gasteiger partial charge in [0, 0.05) is 38.2 Å². The van der Waals surface area contributed by atoms with Crippen LogP contribution in [0, 0.1) is 17.2 Å². The van der Waals surface area contributed by atoms with Crippen molar-refractivity contribution in [3.05, 3.63) is 52.8 Å². The van der Waals surface area contributed by atoms with Crippen LogP contribution in [0.2, 0.25) is 5.02 Å². The number of halogens is 5. The van der Waals surface area contributed by atoms with E-state index in [0.717, 1.165) is 0 Å². The summed E-state index contributed by atoms with van der Waals surface area (Å²) in [5.74, 6) is -3.11. The highest BCUT2D eigenvalue weighted by molar-refractivity contribution is 6.31. The summed E-state index contributed by atoms with van der Waals surface area (Å²) in [4.78, 5) is 18.3. The van der Waals surface area contributed by atoms with Crippen LogP contribution in [0.3, 0.4) is 0 Å². The van der Waals surface area contributed by atoms with E-state index >= 15 is 0 Å². The molecule has 0 heterocycles. The SMILES string of the molecule is C=C(/C=C\C=NC)[C@H](CC(=O)NC[C@H](Cc1ccc(O)c(F)c1Cl)N(C)C)C1(C(F)(F)F)CC1. The predicted molar refractivity (Wildman–Crippen MR) is 126 cm³/mol. The van der Waals surface area contributed by atoms with Crippen LogP contribution in [-0.2, 0) is 11.2 Å². The number of amides is 1. The fourth-order valence-electron chi connectivity index (χ4n) is 3.93. The molecule has 1 saturated carbocycles. The van der Waals surface area contributed by atoms with Crippen LogP contribution in [0.5, 0.6) is 5.75 Å². The molecule has 0 spiro atoms. The molecule has 1 aromatic carbocycles. The Hall–Kier alpha value is -2.39. The largest absolute Gasteiger partial charge is 0.505 e. The number of phenolic OH excluding ortho intramolecular Hbond substituents is 1. The van der Waals surface area contributed by atoms with E-state index in [1.54, 1.807) is 19.0 Å². The van der Waals surface area contributed by atoms with Gasteiger partial charge >= 0.3 is 6.18 Å². The van der Waals surface area contributed by atoms with E-state index in [0.29, 0.717) is 5.56 Å². The minimum atomic E-state index is -4.45. The zero-order valence-electron chi connectivity index (χ0n) is 19.4. The third-order valence-corrected chi connectivity index (χ3v) is 6.67. The second-order valence-electron chi connectivity index (χ2n) is 8.75. The number of hydrogen-bond donors (Lipinski definition) is 2. The standard InChI is InChI=1S/C24H30ClF4N3O2/c1-15(6-5-11-30-2)18(23(9-10-23)24(27,28)29)13-20(34)31-14-17(32(3)4)12-16-7-8-19(33)22(26)21(16)25/h5-8,11,17-18,33H,1,9-10,12-14H2,2-4H3,(H,31,34)/b6-5-,30-11?/t17-,18-/m0/s1. The van der Waals surface area contributed by atoms with Crippen LogP contribution < -0.4 is 5.32 Å². The summed E-state index contributed by atoms with van der Waals surface area (Å²) in [5.41, 5.74) is -1.29. The van der Waals surface area contributed by atoms with Crippen molar-refractivity contribution in [3.63, 3.8) is 0 Å². The predicted octanol–water partition coefficient (Wildman–Crippen LogP) is 4.94. The smallest absolute Gasteiger partial charge is 0.395 e. The van der Waals surface area contributed by atoms with Crippen LogP contribution >= 0.6 is 11.6 Å². The number of rotatable bonds is 11. The molecular formula is C24H30ClF4N3O2. The monoisotopic (exact) mass is 503 g/mol. The molecule has 1 aliphatic rings. The number of aromatic hydroxyl groups is 1. The second kappa shape index (κ2) is 11.4. The number of likely N-dealkylation sites (N-methyl/N-ethyl adjacent to an activating group) is 1. The lowest BCUT2D eigenvalue weighted by atomic mass is 9.80. The summed E-state index contributed by atoms with van der Waals surface area (Å²) in [6, 6.07) is 2.37. The van der Waals surface area contributed by atoms with E-state index in [1.165, 1.54) is 37.5 Å². The molecule has 1 fully saturated rings. The molecule has 1 amide bonds. The van der Waals surface area contributed by atoms with Crippen LogP contribution in [0.15, 0.2) is 41.4 Å². The molecule has 1 aliphatic carbocycles. The maximum absolute atomic E-state index is 13.9. The average molecular weight is 504 g/mol. The highest BCUT2D eigenvalue weighted by Crippen LogP contribution is 2.64.